The van der Waals surface area contributed by atoms with Crippen molar-refractivity contribution in [2.24, 2.45) is 0 Å². The highest BCUT2D eigenvalue weighted by molar-refractivity contribution is 9.10. The Morgan fingerprint density at radius 2 is 1.88 bits per heavy atom. The molecular formula is C15H13BrFNO6. The van der Waals surface area contributed by atoms with E-state index in [0.717, 1.165) is 12.3 Å². The van der Waals surface area contributed by atoms with Crippen LogP contribution in [0.4, 0.5) is 10.1 Å². The average molecular weight is 402 g/mol. The number of esters is 2. The molecule has 9 heteroatoms. The van der Waals surface area contributed by atoms with Crippen molar-refractivity contribution in [1.29, 1.82) is 0 Å². The van der Waals surface area contributed by atoms with E-state index in [1.165, 1.54) is 20.8 Å². The summed E-state index contributed by atoms with van der Waals surface area (Å²) in [7, 11) is 0. The van der Waals surface area contributed by atoms with Crippen molar-refractivity contribution >= 4 is 39.5 Å². The molecule has 0 saturated carbocycles. The van der Waals surface area contributed by atoms with E-state index >= 15 is 0 Å². The molecule has 0 amide bonds. The molecule has 2 N–H and O–H groups in total. The highest BCUT2D eigenvalue weighted by Gasteiger charge is 2.39. The average Bonchev–Trinajstić information content (AvgIpc) is 2.41. The van der Waals surface area contributed by atoms with Crippen LogP contribution in [0, 0.1) is 12.7 Å². The zero-order chi connectivity index (χ0) is 18.2. The maximum Gasteiger partial charge on any atom is 0.350 e. The number of hydrogen-bond acceptors (Lipinski definition) is 6. The number of aryl methyl sites for hydroxylation is 1. The van der Waals surface area contributed by atoms with Gasteiger partial charge >= 0.3 is 17.9 Å². The van der Waals surface area contributed by atoms with Gasteiger partial charge in [0, 0.05) is 20.0 Å². The summed E-state index contributed by atoms with van der Waals surface area (Å²) in [4.78, 5) is 35.1. The Morgan fingerprint density at radius 1 is 1.33 bits per heavy atom. The van der Waals surface area contributed by atoms with Gasteiger partial charge in [0.05, 0.1) is 10.2 Å². The van der Waals surface area contributed by atoms with Crippen LogP contribution in [0.1, 0.15) is 29.8 Å². The first-order valence-electron chi connectivity index (χ1n) is 6.69. The van der Waals surface area contributed by atoms with Crippen LogP contribution in [-0.4, -0.2) is 28.8 Å². The van der Waals surface area contributed by atoms with Gasteiger partial charge in [0.15, 0.2) is 5.57 Å². The van der Waals surface area contributed by atoms with E-state index in [1.54, 1.807) is 0 Å². The largest absolute Gasteiger partial charge is 0.478 e. The molecule has 1 aromatic rings. The van der Waals surface area contributed by atoms with Gasteiger partial charge in [-0.2, -0.15) is 0 Å². The molecule has 0 unspecified atom stereocenters. The van der Waals surface area contributed by atoms with Crippen LogP contribution >= 0.6 is 15.9 Å². The number of ether oxygens (including phenoxy) is 2. The van der Waals surface area contributed by atoms with Crippen LogP contribution in [0.3, 0.4) is 0 Å². The van der Waals surface area contributed by atoms with Crippen molar-refractivity contribution in [1.82, 2.24) is 0 Å². The van der Waals surface area contributed by atoms with Gasteiger partial charge in [-0.05, 0) is 34.5 Å². The van der Waals surface area contributed by atoms with Gasteiger partial charge in [0.1, 0.15) is 11.4 Å². The van der Waals surface area contributed by atoms with Gasteiger partial charge in [0.25, 0.3) is 5.79 Å². The third kappa shape index (κ3) is 3.40. The van der Waals surface area contributed by atoms with Gasteiger partial charge in [-0.25, -0.2) is 18.8 Å². The fourth-order valence-corrected chi connectivity index (χ4v) is 2.54. The molecule has 0 bridgehead atoms. The molecule has 0 aliphatic carbocycles. The molecule has 0 radical (unpaired) electrons. The van der Waals surface area contributed by atoms with Gasteiger partial charge in [-0.1, -0.05) is 0 Å². The Balaban J connectivity index is 2.43. The predicted molar refractivity (Wildman–Crippen MR) is 83.8 cm³/mol. The first-order chi connectivity index (χ1) is 11.0. The molecule has 1 fully saturated rings. The second-order valence-corrected chi connectivity index (χ2v) is 6.22. The fraction of sp³-hybridized carbons (Fsp3) is 0.267. The normalized spacial score (nSPS) is 16.3. The van der Waals surface area contributed by atoms with E-state index in [1.807, 2.05) is 0 Å². The first kappa shape index (κ1) is 17.9. The van der Waals surface area contributed by atoms with Crippen LogP contribution in [0.2, 0.25) is 0 Å². The molecule has 1 aliphatic rings. The van der Waals surface area contributed by atoms with E-state index in [4.69, 9.17) is 9.47 Å². The summed E-state index contributed by atoms with van der Waals surface area (Å²) in [5.41, 5.74) is -0.524. The Labute approximate surface area is 144 Å². The van der Waals surface area contributed by atoms with Crippen molar-refractivity contribution in [2.75, 3.05) is 5.32 Å². The molecule has 1 aliphatic heterocycles. The summed E-state index contributed by atoms with van der Waals surface area (Å²) in [6.45, 7) is 4.27. The zero-order valence-corrected chi connectivity index (χ0v) is 14.5. The Kier molecular flexibility index (Phi) is 4.66. The number of rotatable bonds is 3. The highest BCUT2D eigenvalue weighted by Crippen LogP contribution is 2.32. The summed E-state index contributed by atoms with van der Waals surface area (Å²) in [5, 5.41) is 11.8. The summed E-state index contributed by atoms with van der Waals surface area (Å²) in [5.74, 6) is -5.35. The topological polar surface area (TPSA) is 102 Å². The molecule has 0 aromatic heterocycles. The molecule has 1 aromatic carbocycles. The van der Waals surface area contributed by atoms with E-state index in [2.05, 4.69) is 21.2 Å². The number of hydrogen-bond donors (Lipinski definition) is 2. The van der Waals surface area contributed by atoms with Crippen LogP contribution in [-0.2, 0) is 19.1 Å². The van der Waals surface area contributed by atoms with E-state index in [-0.39, 0.29) is 21.3 Å². The smallest absolute Gasteiger partial charge is 0.350 e. The number of halogens is 2. The maximum absolute atomic E-state index is 13.7. The summed E-state index contributed by atoms with van der Waals surface area (Å²) < 4.78 is 23.3. The van der Waals surface area contributed by atoms with Crippen molar-refractivity contribution in [2.45, 2.75) is 26.6 Å². The molecule has 0 spiro atoms. The SMILES string of the molecule is Cc1cc(F)c(Br)c(C(=O)O)c1NC=C1C(=O)OC(C)(C)OC1=O. The Hall–Kier alpha value is -2.42. The van der Waals surface area contributed by atoms with E-state index in [9.17, 15) is 23.9 Å². The fourth-order valence-electron chi connectivity index (χ4n) is 2.06. The lowest BCUT2D eigenvalue weighted by Crippen LogP contribution is -2.42. The highest BCUT2D eigenvalue weighted by atomic mass is 79.9. The van der Waals surface area contributed by atoms with Crippen LogP contribution in [0.5, 0.6) is 0 Å². The molecule has 1 heterocycles. The summed E-state index contributed by atoms with van der Waals surface area (Å²) in [6, 6.07) is 1.11. The second kappa shape index (κ2) is 6.23. The minimum atomic E-state index is -1.39. The monoisotopic (exact) mass is 401 g/mol. The van der Waals surface area contributed by atoms with Crippen molar-refractivity contribution in [3.8, 4) is 0 Å². The summed E-state index contributed by atoms with van der Waals surface area (Å²) >= 11 is 2.87. The van der Waals surface area contributed by atoms with Crippen molar-refractivity contribution in [3.63, 3.8) is 0 Å². The number of carbonyl (C=O) groups excluding carboxylic acids is 2. The molecule has 0 atom stereocenters. The van der Waals surface area contributed by atoms with E-state index < -0.39 is 35.1 Å². The molecule has 2 rings (SSSR count). The lowest BCUT2D eigenvalue weighted by molar-refractivity contribution is -0.222. The number of carbonyl (C=O) groups is 3. The van der Waals surface area contributed by atoms with Crippen molar-refractivity contribution < 1.29 is 33.4 Å². The zero-order valence-electron chi connectivity index (χ0n) is 12.9. The Bertz CT molecular complexity index is 765. The van der Waals surface area contributed by atoms with Gasteiger partial charge in [0.2, 0.25) is 0 Å². The number of aromatic carboxylic acids is 1. The number of anilines is 1. The minimum Gasteiger partial charge on any atom is -0.478 e. The van der Waals surface area contributed by atoms with Crippen LogP contribution in [0.15, 0.2) is 22.3 Å². The predicted octanol–water partition coefficient (Wildman–Crippen LogP) is 2.73. The molecular weight excluding hydrogens is 389 g/mol. The molecule has 1 saturated heterocycles. The number of benzene rings is 1. The van der Waals surface area contributed by atoms with Crippen molar-refractivity contribution in [3.05, 3.63) is 39.3 Å². The van der Waals surface area contributed by atoms with Gasteiger partial charge < -0.3 is 19.9 Å². The van der Waals surface area contributed by atoms with Gasteiger partial charge in [-0.15, -0.1) is 0 Å². The Morgan fingerprint density at radius 3 is 2.38 bits per heavy atom. The quantitative estimate of drug-likeness (QED) is 0.455. The first-order valence-corrected chi connectivity index (χ1v) is 7.48. The minimum absolute atomic E-state index is 0.0220. The van der Waals surface area contributed by atoms with E-state index in [0.29, 0.717) is 0 Å². The summed E-state index contributed by atoms with van der Waals surface area (Å²) in [6.07, 6.45) is 0.971. The second-order valence-electron chi connectivity index (χ2n) is 5.43. The number of cyclic esters (lactones) is 2. The van der Waals surface area contributed by atoms with Crippen LogP contribution < -0.4 is 5.32 Å². The van der Waals surface area contributed by atoms with Crippen LogP contribution in [0.25, 0.3) is 0 Å². The maximum atomic E-state index is 13.7. The molecule has 24 heavy (non-hydrogen) atoms. The number of carboxylic acids is 1. The lowest BCUT2D eigenvalue weighted by atomic mass is 10.1. The molecule has 128 valence electrons. The third-order valence-corrected chi connectivity index (χ3v) is 3.88. The standard InChI is InChI=1S/C15H13BrFNO6/c1-6-4-8(17)10(16)9(12(19)20)11(6)18-5-7-13(21)23-15(2,3)24-14(7)22/h4-5,18H,1-3H3,(H,19,20). The number of nitrogens with one attached hydrogen (secondary N) is 1. The molecule has 7 nitrogen and oxygen atoms in total. The third-order valence-electron chi connectivity index (χ3n) is 3.11. The van der Waals surface area contributed by atoms with Gasteiger partial charge in [-0.3, -0.25) is 0 Å². The number of carboxylic acid groups (broad SMARTS) is 1. The lowest BCUT2D eigenvalue weighted by Gasteiger charge is -2.29.